The zero-order valence-corrected chi connectivity index (χ0v) is 11.6. The van der Waals surface area contributed by atoms with Crippen LogP contribution in [0, 0.1) is 0 Å². The van der Waals surface area contributed by atoms with Gasteiger partial charge >= 0.3 is 0 Å². The summed E-state index contributed by atoms with van der Waals surface area (Å²) in [5.74, 6) is 0.588. The normalized spacial score (nSPS) is 10.1. The fourth-order valence-corrected chi connectivity index (χ4v) is 1.64. The Bertz CT molecular complexity index is 444. The minimum Gasteiger partial charge on any atom is -0.368 e. The van der Waals surface area contributed by atoms with E-state index in [2.05, 4.69) is 23.5 Å². The number of anilines is 1. The van der Waals surface area contributed by atoms with Gasteiger partial charge in [-0.3, -0.25) is 4.79 Å². The van der Waals surface area contributed by atoms with Crippen molar-refractivity contribution in [2.75, 3.05) is 18.4 Å². The Kier molecular flexibility index (Phi) is 5.79. The molecule has 1 heterocycles. The van der Waals surface area contributed by atoms with Gasteiger partial charge in [-0.1, -0.05) is 18.2 Å². The number of aromatic nitrogens is 1. The summed E-state index contributed by atoms with van der Waals surface area (Å²) in [5.41, 5.74) is 0.425. The van der Waals surface area contributed by atoms with Gasteiger partial charge in [-0.15, -0.1) is 13.2 Å². The van der Waals surface area contributed by atoms with Crippen LogP contribution in [-0.2, 0) is 0 Å². The average Bonchev–Trinajstić information content (AvgIpc) is 2.37. The van der Waals surface area contributed by atoms with Crippen molar-refractivity contribution in [1.82, 2.24) is 9.88 Å². The van der Waals surface area contributed by atoms with Gasteiger partial charge in [0.25, 0.3) is 5.91 Å². The molecule has 1 N–H and O–H groups in total. The smallest absolute Gasteiger partial charge is 0.273 e. The molecule has 4 heteroatoms. The van der Waals surface area contributed by atoms with Crippen molar-refractivity contribution in [3.8, 4) is 0 Å². The van der Waals surface area contributed by atoms with Gasteiger partial charge in [-0.2, -0.15) is 0 Å². The lowest BCUT2D eigenvalue weighted by Gasteiger charge is -2.19. The third-order valence-corrected chi connectivity index (χ3v) is 2.39. The molecule has 1 amide bonds. The Morgan fingerprint density at radius 3 is 2.53 bits per heavy atom. The zero-order valence-electron chi connectivity index (χ0n) is 11.6. The highest BCUT2D eigenvalue weighted by atomic mass is 16.2. The second-order valence-corrected chi connectivity index (χ2v) is 4.49. The summed E-state index contributed by atoms with van der Waals surface area (Å²) in [6, 6.07) is 5.66. The topological polar surface area (TPSA) is 45.2 Å². The molecule has 0 aliphatic carbocycles. The predicted molar refractivity (Wildman–Crippen MR) is 79.3 cm³/mol. The van der Waals surface area contributed by atoms with Gasteiger partial charge in [0.15, 0.2) is 0 Å². The number of nitrogens with zero attached hydrogens (tertiary/aromatic N) is 2. The Balaban J connectivity index is 2.90. The monoisotopic (exact) mass is 259 g/mol. The van der Waals surface area contributed by atoms with Crippen LogP contribution in [0.15, 0.2) is 43.5 Å². The highest BCUT2D eigenvalue weighted by molar-refractivity contribution is 5.92. The van der Waals surface area contributed by atoms with Gasteiger partial charge in [0, 0.05) is 19.1 Å². The first kappa shape index (κ1) is 15.0. The third-order valence-electron chi connectivity index (χ3n) is 2.39. The Labute approximate surface area is 114 Å². The highest BCUT2D eigenvalue weighted by Gasteiger charge is 2.15. The SMILES string of the molecule is C=CCN(CC=C)C(=O)c1cccc(NC(C)C)n1. The molecule has 102 valence electrons. The van der Waals surface area contributed by atoms with Gasteiger partial charge in [-0.25, -0.2) is 4.98 Å². The quantitative estimate of drug-likeness (QED) is 0.766. The molecule has 0 aliphatic heterocycles. The molecule has 1 aromatic heterocycles. The van der Waals surface area contributed by atoms with E-state index < -0.39 is 0 Å². The van der Waals surface area contributed by atoms with Crippen LogP contribution < -0.4 is 5.32 Å². The lowest BCUT2D eigenvalue weighted by Crippen LogP contribution is -2.32. The van der Waals surface area contributed by atoms with Crippen molar-refractivity contribution in [2.24, 2.45) is 0 Å². The Morgan fingerprint density at radius 2 is 2.00 bits per heavy atom. The van der Waals surface area contributed by atoms with Gasteiger partial charge in [0.05, 0.1) is 0 Å². The number of pyridine rings is 1. The molecule has 0 atom stereocenters. The summed E-state index contributed by atoms with van der Waals surface area (Å²) in [6.45, 7) is 12.3. The minimum atomic E-state index is -0.118. The van der Waals surface area contributed by atoms with Gasteiger partial charge < -0.3 is 10.2 Å². The van der Waals surface area contributed by atoms with E-state index in [4.69, 9.17) is 0 Å². The molecular formula is C15H21N3O. The van der Waals surface area contributed by atoms with Gasteiger partial charge in [-0.05, 0) is 26.0 Å². The van der Waals surface area contributed by atoms with Crippen LogP contribution in [0.5, 0.6) is 0 Å². The highest BCUT2D eigenvalue weighted by Crippen LogP contribution is 2.09. The van der Waals surface area contributed by atoms with E-state index in [0.29, 0.717) is 24.6 Å². The number of amides is 1. The molecule has 0 saturated carbocycles. The minimum absolute atomic E-state index is 0.118. The fraction of sp³-hybridized carbons (Fsp3) is 0.333. The van der Waals surface area contributed by atoms with Gasteiger partial charge in [0.1, 0.15) is 11.5 Å². The molecule has 19 heavy (non-hydrogen) atoms. The number of carbonyl (C=O) groups is 1. The summed E-state index contributed by atoms with van der Waals surface area (Å²) in [7, 11) is 0. The second kappa shape index (κ2) is 7.36. The first-order valence-corrected chi connectivity index (χ1v) is 6.33. The molecule has 1 rings (SSSR count). The first-order valence-electron chi connectivity index (χ1n) is 6.33. The van der Waals surface area contributed by atoms with E-state index in [9.17, 15) is 4.79 Å². The molecule has 0 radical (unpaired) electrons. The molecule has 0 saturated heterocycles. The van der Waals surface area contributed by atoms with Crippen molar-refractivity contribution < 1.29 is 4.79 Å². The summed E-state index contributed by atoms with van der Waals surface area (Å²) < 4.78 is 0. The van der Waals surface area contributed by atoms with E-state index in [1.54, 1.807) is 23.1 Å². The largest absolute Gasteiger partial charge is 0.368 e. The van der Waals surface area contributed by atoms with Crippen molar-refractivity contribution in [3.05, 3.63) is 49.2 Å². The van der Waals surface area contributed by atoms with E-state index in [0.717, 1.165) is 0 Å². The van der Waals surface area contributed by atoms with Crippen LogP contribution in [0.25, 0.3) is 0 Å². The Morgan fingerprint density at radius 1 is 1.37 bits per heavy atom. The number of carbonyl (C=O) groups excluding carboxylic acids is 1. The van der Waals surface area contributed by atoms with Crippen LogP contribution in [0.2, 0.25) is 0 Å². The number of hydrogen-bond acceptors (Lipinski definition) is 3. The number of rotatable bonds is 7. The standard InChI is InChI=1S/C15H21N3O/c1-5-10-18(11-6-2)15(19)13-8-7-9-14(17-13)16-12(3)4/h5-9,12H,1-2,10-11H2,3-4H3,(H,16,17). The first-order chi connectivity index (χ1) is 9.08. The average molecular weight is 259 g/mol. The summed E-state index contributed by atoms with van der Waals surface area (Å²) in [4.78, 5) is 18.3. The Hall–Kier alpha value is -2.10. The van der Waals surface area contributed by atoms with Crippen molar-refractivity contribution in [2.45, 2.75) is 19.9 Å². The third kappa shape index (κ3) is 4.58. The fourth-order valence-electron chi connectivity index (χ4n) is 1.64. The number of nitrogens with one attached hydrogen (secondary N) is 1. The number of hydrogen-bond donors (Lipinski definition) is 1. The molecule has 0 aromatic carbocycles. The molecule has 4 nitrogen and oxygen atoms in total. The van der Waals surface area contributed by atoms with E-state index >= 15 is 0 Å². The van der Waals surface area contributed by atoms with E-state index in [1.165, 1.54) is 0 Å². The zero-order chi connectivity index (χ0) is 14.3. The summed E-state index contributed by atoms with van der Waals surface area (Å²) >= 11 is 0. The van der Waals surface area contributed by atoms with Crippen molar-refractivity contribution >= 4 is 11.7 Å². The van der Waals surface area contributed by atoms with Crippen LogP contribution in [-0.4, -0.2) is 34.9 Å². The molecular weight excluding hydrogens is 238 g/mol. The summed E-state index contributed by atoms with van der Waals surface area (Å²) in [6.07, 6.45) is 3.38. The van der Waals surface area contributed by atoms with Crippen molar-refractivity contribution in [1.29, 1.82) is 0 Å². The molecule has 0 spiro atoms. The van der Waals surface area contributed by atoms with E-state index in [1.807, 2.05) is 26.0 Å². The maximum Gasteiger partial charge on any atom is 0.273 e. The van der Waals surface area contributed by atoms with Crippen LogP contribution in [0.3, 0.4) is 0 Å². The van der Waals surface area contributed by atoms with Crippen LogP contribution in [0.1, 0.15) is 24.3 Å². The molecule has 0 aliphatic rings. The summed E-state index contributed by atoms with van der Waals surface area (Å²) in [5, 5.41) is 3.18. The van der Waals surface area contributed by atoms with Crippen molar-refractivity contribution in [3.63, 3.8) is 0 Å². The molecule has 0 bridgehead atoms. The molecule has 0 unspecified atom stereocenters. The lowest BCUT2D eigenvalue weighted by atomic mass is 10.3. The van der Waals surface area contributed by atoms with Gasteiger partial charge in [0.2, 0.25) is 0 Å². The predicted octanol–water partition coefficient (Wildman–Crippen LogP) is 2.72. The van der Waals surface area contributed by atoms with Crippen LogP contribution in [0.4, 0.5) is 5.82 Å². The lowest BCUT2D eigenvalue weighted by molar-refractivity contribution is 0.0785. The molecule has 1 aromatic rings. The molecule has 0 fully saturated rings. The maximum atomic E-state index is 12.3. The van der Waals surface area contributed by atoms with E-state index in [-0.39, 0.29) is 11.9 Å². The maximum absolute atomic E-state index is 12.3. The second-order valence-electron chi connectivity index (χ2n) is 4.49. The van der Waals surface area contributed by atoms with Crippen LogP contribution >= 0.6 is 0 Å².